The largest absolute Gasteiger partial charge is 0.392 e. The van der Waals surface area contributed by atoms with Gasteiger partial charge in [0.15, 0.2) is 0 Å². The number of fused-ring (bicyclic) bond motifs is 1. The maximum Gasteiger partial charge on any atom is 0.266 e. The number of benzene rings is 2. The first-order chi connectivity index (χ1) is 14.5. The fourth-order valence-electron chi connectivity index (χ4n) is 4.07. The number of aliphatic hydroxyl groups excluding tert-OH is 1. The molecule has 30 heavy (non-hydrogen) atoms. The van der Waals surface area contributed by atoms with E-state index in [4.69, 9.17) is 4.98 Å². The van der Waals surface area contributed by atoms with Crippen LogP contribution in [-0.2, 0) is 7.05 Å². The highest BCUT2D eigenvalue weighted by Crippen LogP contribution is 2.31. The molecule has 8 heteroatoms. The van der Waals surface area contributed by atoms with Crippen LogP contribution in [0.4, 0.5) is 4.39 Å². The zero-order chi connectivity index (χ0) is 20.8. The van der Waals surface area contributed by atoms with Gasteiger partial charge in [-0.05, 0) is 30.7 Å². The molecule has 2 aromatic carbocycles. The van der Waals surface area contributed by atoms with Crippen LogP contribution >= 0.6 is 0 Å². The van der Waals surface area contributed by atoms with Crippen LogP contribution in [0, 0.1) is 5.82 Å². The second-order valence-electron chi connectivity index (χ2n) is 7.52. The Morgan fingerprint density at radius 2 is 2.00 bits per heavy atom. The van der Waals surface area contributed by atoms with E-state index in [9.17, 15) is 14.3 Å². The van der Waals surface area contributed by atoms with Crippen LogP contribution < -0.4 is 10.9 Å². The van der Waals surface area contributed by atoms with Crippen molar-refractivity contribution in [1.82, 2.24) is 24.6 Å². The number of aliphatic hydroxyl groups is 1. The normalized spacial score (nSPS) is 18.9. The molecule has 152 valence electrons. The molecule has 5 rings (SSSR count). The number of nitrogens with zero attached hydrogens (tertiary/aromatic N) is 4. The summed E-state index contributed by atoms with van der Waals surface area (Å²) in [6.45, 7) is 0.428. The van der Waals surface area contributed by atoms with Crippen LogP contribution in [-0.4, -0.2) is 37.1 Å². The van der Waals surface area contributed by atoms with Crippen LogP contribution in [0.1, 0.15) is 18.3 Å². The smallest absolute Gasteiger partial charge is 0.266 e. The summed E-state index contributed by atoms with van der Waals surface area (Å²) in [6.07, 6.45) is 3.15. The number of aryl methyl sites for hydroxylation is 1. The predicted molar refractivity (Wildman–Crippen MR) is 111 cm³/mol. The van der Waals surface area contributed by atoms with Gasteiger partial charge in [0, 0.05) is 30.9 Å². The third-order valence-corrected chi connectivity index (χ3v) is 5.44. The van der Waals surface area contributed by atoms with Gasteiger partial charge in [-0.25, -0.2) is 9.37 Å². The first kappa shape index (κ1) is 18.7. The van der Waals surface area contributed by atoms with Gasteiger partial charge < -0.3 is 10.4 Å². The summed E-state index contributed by atoms with van der Waals surface area (Å²) in [5, 5.41) is 17.6. The SMILES string of the molecule is Cn1cc(-c2c(F)ccc3nc([C@@H]4C[C@H](O)CN4)n(-c4ccccc4)c(=O)c23)cn1. The van der Waals surface area contributed by atoms with Gasteiger partial charge in [-0.3, -0.25) is 14.0 Å². The lowest BCUT2D eigenvalue weighted by atomic mass is 10.0. The number of hydrogen-bond donors (Lipinski definition) is 2. The predicted octanol–water partition coefficient (Wildman–Crippen LogP) is 2.32. The molecule has 4 aromatic rings. The number of para-hydroxylation sites is 1. The minimum atomic E-state index is -0.508. The minimum Gasteiger partial charge on any atom is -0.392 e. The monoisotopic (exact) mass is 405 g/mol. The van der Waals surface area contributed by atoms with Gasteiger partial charge in [0.1, 0.15) is 11.6 Å². The molecular formula is C22H20FN5O2. The van der Waals surface area contributed by atoms with Crippen molar-refractivity contribution in [3.8, 4) is 16.8 Å². The highest BCUT2D eigenvalue weighted by Gasteiger charge is 2.29. The van der Waals surface area contributed by atoms with Gasteiger partial charge >= 0.3 is 0 Å². The molecule has 1 fully saturated rings. The number of aromatic nitrogens is 4. The zero-order valence-corrected chi connectivity index (χ0v) is 16.3. The van der Waals surface area contributed by atoms with Gasteiger partial charge in [-0.2, -0.15) is 5.10 Å². The average molecular weight is 405 g/mol. The Labute approximate surface area is 171 Å². The molecule has 2 aromatic heterocycles. The second kappa shape index (κ2) is 7.16. The average Bonchev–Trinajstić information content (AvgIpc) is 3.37. The Hall–Kier alpha value is -3.36. The van der Waals surface area contributed by atoms with Crippen molar-refractivity contribution in [1.29, 1.82) is 0 Å². The maximum atomic E-state index is 14.9. The molecule has 0 amide bonds. The van der Waals surface area contributed by atoms with Crippen molar-refractivity contribution < 1.29 is 9.50 Å². The van der Waals surface area contributed by atoms with E-state index in [0.29, 0.717) is 35.6 Å². The van der Waals surface area contributed by atoms with E-state index in [0.717, 1.165) is 0 Å². The van der Waals surface area contributed by atoms with E-state index >= 15 is 0 Å². The number of β-amino-alcohol motifs (C(OH)–C–C–N with tert-alkyl or cyclic N) is 1. The standard InChI is InChI=1S/C22H20FN5O2/c1-27-12-13(10-25-27)19-16(23)7-8-17-20(19)22(30)28(14-5-3-2-4-6-14)21(26-17)18-9-15(29)11-24-18/h2-8,10,12,15,18,24,29H,9,11H2,1H3/t15-,18-/m0/s1. The molecule has 0 bridgehead atoms. The van der Waals surface area contributed by atoms with Gasteiger partial charge in [0.25, 0.3) is 5.56 Å². The summed E-state index contributed by atoms with van der Waals surface area (Å²) in [4.78, 5) is 18.5. The van der Waals surface area contributed by atoms with Gasteiger partial charge in [0.05, 0.1) is 34.9 Å². The Morgan fingerprint density at radius 3 is 2.67 bits per heavy atom. The summed E-state index contributed by atoms with van der Waals surface area (Å²) in [7, 11) is 1.74. The van der Waals surface area contributed by atoms with Crippen molar-refractivity contribution in [3.05, 3.63) is 76.9 Å². The fraction of sp³-hybridized carbons (Fsp3) is 0.227. The van der Waals surface area contributed by atoms with Crippen molar-refractivity contribution in [3.63, 3.8) is 0 Å². The number of hydrogen-bond acceptors (Lipinski definition) is 5. The van der Waals surface area contributed by atoms with Crippen LogP contribution in [0.25, 0.3) is 27.7 Å². The van der Waals surface area contributed by atoms with Gasteiger partial charge in [-0.1, -0.05) is 18.2 Å². The third kappa shape index (κ3) is 3.01. The minimum absolute atomic E-state index is 0.189. The van der Waals surface area contributed by atoms with E-state index in [2.05, 4.69) is 10.4 Å². The molecule has 1 saturated heterocycles. The second-order valence-corrected chi connectivity index (χ2v) is 7.52. The van der Waals surface area contributed by atoms with E-state index < -0.39 is 11.9 Å². The highest BCUT2D eigenvalue weighted by atomic mass is 19.1. The lowest BCUT2D eigenvalue weighted by Gasteiger charge is -2.19. The molecule has 3 heterocycles. The molecule has 0 radical (unpaired) electrons. The molecule has 0 unspecified atom stereocenters. The van der Waals surface area contributed by atoms with E-state index in [1.807, 2.05) is 30.3 Å². The number of halogens is 1. The summed E-state index contributed by atoms with van der Waals surface area (Å²) < 4.78 is 18.0. The summed E-state index contributed by atoms with van der Waals surface area (Å²) in [6, 6.07) is 11.7. The first-order valence-electron chi connectivity index (χ1n) is 9.74. The van der Waals surface area contributed by atoms with Crippen LogP contribution in [0.15, 0.2) is 59.7 Å². The van der Waals surface area contributed by atoms with Crippen molar-refractivity contribution in [2.45, 2.75) is 18.6 Å². The molecule has 1 aliphatic rings. The molecular weight excluding hydrogens is 385 g/mol. The Kier molecular flexibility index (Phi) is 4.45. The number of nitrogens with one attached hydrogen (secondary N) is 1. The van der Waals surface area contributed by atoms with E-state index in [1.54, 1.807) is 17.9 Å². The van der Waals surface area contributed by atoms with Crippen LogP contribution in [0.2, 0.25) is 0 Å². The maximum absolute atomic E-state index is 14.9. The summed E-state index contributed by atoms with van der Waals surface area (Å²) >= 11 is 0. The topological polar surface area (TPSA) is 85.0 Å². The lowest BCUT2D eigenvalue weighted by molar-refractivity contribution is 0.193. The first-order valence-corrected chi connectivity index (χ1v) is 9.74. The van der Waals surface area contributed by atoms with Gasteiger partial charge in [0.2, 0.25) is 0 Å². The van der Waals surface area contributed by atoms with Crippen molar-refractivity contribution >= 4 is 10.9 Å². The van der Waals surface area contributed by atoms with Crippen molar-refractivity contribution in [2.75, 3.05) is 6.54 Å². The fourth-order valence-corrected chi connectivity index (χ4v) is 4.07. The van der Waals surface area contributed by atoms with E-state index in [-0.39, 0.29) is 22.6 Å². The quantitative estimate of drug-likeness (QED) is 0.547. The molecule has 0 aliphatic carbocycles. The summed E-state index contributed by atoms with van der Waals surface area (Å²) in [5.41, 5.74) is 1.39. The van der Waals surface area contributed by atoms with E-state index in [1.165, 1.54) is 22.9 Å². The third-order valence-electron chi connectivity index (χ3n) is 5.44. The number of rotatable bonds is 3. The highest BCUT2D eigenvalue weighted by molar-refractivity contribution is 5.94. The van der Waals surface area contributed by atoms with Crippen molar-refractivity contribution in [2.24, 2.45) is 7.05 Å². The Balaban J connectivity index is 1.86. The molecule has 1 aliphatic heterocycles. The molecule has 0 spiro atoms. The van der Waals surface area contributed by atoms with Gasteiger partial charge in [-0.15, -0.1) is 0 Å². The van der Waals surface area contributed by atoms with Crippen LogP contribution in [0.3, 0.4) is 0 Å². The van der Waals surface area contributed by atoms with Crippen LogP contribution in [0.5, 0.6) is 0 Å². The summed E-state index contributed by atoms with van der Waals surface area (Å²) in [5.74, 6) is -0.00447. The lowest BCUT2D eigenvalue weighted by Crippen LogP contribution is -2.29. The Bertz CT molecular complexity index is 1300. The molecule has 2 N–H and O–H groups in total. The molecule has 7 nitrogen and oxygen atoms in total. The Morgan fingerprint density at radius 1 is 1.20 bits per heavy atom. The molecule has 2 atom stereocenters. The molecule has 0 saturated carbocycles. The zero-order valence-electron chi connectivity index (χ0n) is 16.3.